The average molecular weight is 359 g/mol. The van der Waals surface area contributed by atoms with E-state index in [0.717, 1.165) is 35.3 Å². The first-order valence-electron chi connectivity index (χ1n) is 7.59. The summed E-state index contributed by atoms with van der Waals surface area (Å²) in [7, 11) is 1.60. The molecule has 0 bridgehead atoms. The summed E-state index contributed by atoms with van der Waals surface area (Å²) in [4.78, 5) is 10.9. The van der Waals surface area contributed by atoms with Crippen LogP contribution in [0.4, 0.5) is 0 Å². The van der Waals surface area contributed by atoms with Gasteiger partial charge in [-0.2, -0.15) is 5.10 Å². The second-order valence-electron chi connectivity index (χ2n) is 5.11. The Morgan fingerprint density at radius 3 is 2.64 bits per heavy atom. The van der Waals surface area contributed by atoms with E-state index in [0.29, 0.717) is 11.0 Å². The van der Waals surface area contributed by atoms with E-state index in [-0.39, 0.29) is 5.75 Å². The highest BCUT2D eigenvalue weighted by molar-refractivity contribution is 7.99. The number of ether oxygens (including phenoxy) is 1. The molecule has 0 spiro atoms. The van der Waals surface area contributed by atoms with E-state index in [4.69, 9.17) is 9.84 Å². The second kappa shape index (κ2) is 7.39. The molecule has 0 fully saturated rings. The number of aryl methyl sites for hydroxylation is 1. The molecule has 25 heavy (non-hydrogen) atoms. The number of carbonyl (C=O) groups is 1. The van der Waals surface area contributed by atoms with Crippen LogP contribution in [0.1, 0.15) is 6.92 Å². The molecule has 8 nitrogen and oxygen atoms in total. The third kappa shape index (κ3) is 3.66. The Kier molecular flexibility index (Phi) is 5.03. The summed E-state index contributed by atoms with van der Waals surface area (Å²) < 4.78 is 8.81. The van der Waals surface area contributed by atoms with Gasteiger partial charge in [0.25, 0.3) is 0 Å². The first-order chi connectivity index (χ1) is 12.1. The zero-order valence-corrected chi connectivity index (χ0v) is 14.6. The van der Waals surface area contributed by atoms with Crippen LogP contribution in [0, 0.1) is 0 Å². The highest BCUT2D eigenvalue weighted by Gasteiger charge is 2.18. The Morgan fingerprint density at radius 2 is 2.04 bits per heavy atom. The first-order valence-corrected chi connectivity index (χ1v) is 8.58. The van der Waals surface area contributed by atoms with E-state index in [1.165, 1.54) is 0 Å². The standard InChI is InChI=1S/C16H17N5O3S/c1-3-20-9-11(8-17-20)15-18-19-16(25-10-14(22)23)21(15)12-4-6-13(24-2)7-5-12/h4-9H,3,10H2,1-2H3,(H,22,23). The molecule has 0 aliphatic carbocycles. The van der Waals surface area contributed by atoms with Crippen LogP contribution in [0.25, 0.3) is 17.1 Å². The molecule has 3 aromatic rings. The van der Waals surface area contributed by atoms with E-state index in [1.54, 1.807) is 18.0 Å². The van der Waals surface area contributed by atoms with Gasteiger partial charge >= 0.3 is 5.97 Å². The molecule has 0 saturated carbocycles. The van der Waals surface area contributed by atoms with Crippen molar-refractivity contribution in [3.8, 4) is 22.8 Å². The first kappa shape index (κ1) is 17.0. The molecule has 0 amide bonds. The Balaban J connectivity index is 2.06. The number of hydrogen-bond donors (Lipinski definition) is 1. The summed E-state index contributed by atoms with van der Waals surface area (Å²) >= 11 is 1.12. The Bertz CT molecular complexity index is 872. The third-order valence-corrected chi connectivity index (χ3v) is 4.42. The highest BCUT2D eigenvalue weighted by atomic mass is 32.2. The van der Waals surface area contributed by atoms with Crippen molar-refractivity contribution in [3.63, 3.8) is 0 Å². The zero-order chi connectivity index (χ0) is 17.8. The topological polar surface area (TPSA) is 95.1 Å². The van der Waals surface area contributed by atoms with E-state index in [1.807, 2.05) is 42.0 Å². The number of carboxylic acid groups (broad SMARTS) is 1. The van der Waals surface area contributed by atoms with Crippen molar-refractivity contribution < 1.29 is 14.6 Å². The van der Waals surface area contributed by atoms with Gasteiger partial charge in [0.05, 0.1) is 30.3 Å². The molecular weight excluding hydrogens is 342 g/mol. The van der Waals surface area contributed by atoms with Crippen LogP contribution in [0.5, 0.6) is 5.75 Å². The third-order valence-electron chi connectivity index (χ3n) is 3.50. The molecule has 9 heteroatoms. The molecule has 0 aliphatic heterocycles. The minimum Gasteiger partial charge on any atom is -0.497 e. The van der Waals surface area contributed by atoms with Gasteiger partial charge in [-0.15, -0.1) is 10.2 Å². The van der Waals surface area contributed by atoms with Gasteiger partial charge in [-0.3, -0.25) is 14.0 Å². The van der Waals surface area contributed by atoms with Gasteiger partial charge in [-0.05, 0) is 31.2 Å². The Labute approximate surface area is 148 Å². The van der Waals surface area contributed by atoms with Crippen LogP contribution < -0.4 is 4.74 Å². The number of methoxy groups -OCH3 is 1. The van der Waals surface area contributed by atoms with Crippen molar-refractivity contribution in [2.75, 3.05) is 12.9 Å². The maximum atomic E-state index is 10.9. The van der Waals surface area contributed by atoms with Gasteiger partial charge in [0.1, 0.15) is 5.75 Å². The molecule has 0 atom stereocenters. The molecule has 1 aromatic carbocycles. The quantitative estimate of drug-likeness (QED) is 0.647. The summed E-state index contributed by atoms with van der Waals surface area (Å²) in [5.41, 5.74) is 1.63. The molecular formula is C16H17N5O3S. The van der Waals surface area contributed by atoms with Crippen molar-refractivity contribution in [1.29, 1.82) is 0 Å². The van der Waals surface area contributed by atoms with E-state index in [9.17, 15) is 4.79 Å². The largest absolute Gasteiger partial charge is 0.497 e. The number of thioether (sulfide) groups is 1. The fraction of sp³-hybridized carbons (Fsp3) is 0.250. The van der Waals surface area contributed by atoms with E-state index >= 15 is 0 Å². The lowest BCUT2D eigenvalue weighted by Gasteiger charge is -2.09. The number of aliphatic carboxylic acids is 1. The van der Waals surface area contributed by atoms with Gasteiger partial charge < -0.3 is 9.84 Å². The summed E-state index contributed by atoms with van der Waals surface area (Å²) in [6.07, 6.45) is 3.61. The van der Waals surface area contributed by atoms with Crippen molar-refractivity contribution in [2.45, 2.75) is 18.6 Å². The highest BCUT2D eigenvalue weighted by Crippen LogP contribution is 2.28. The molecule has 1 N–H and O–H groups in total. The van der Waals surface area contributed by atoms with Gasteiger partial charge in [0.2, 0.25) is 0 Å². The molecule has 2 heterocycles. The van der Waals surface area contributed by atoms with E-state index < -0.39 is 5.97 Å². The summed E-state index contributed by atoms with van der Waals surface area (Å²) in [6, 6.07) is 7.42. The summed E-state index contributed by atoms with van der Waals surface area (Å²) in [5, 5.41) is 22.1. The van der Waals surface area contributed by atoms with Crippen LogP contribution in [0.2, 0.25) is 0 Å². The SMILES string of the molecule is CCn1cc(-c2nnc(SCC(=O)O)n2-c2ccc(OC)cc2)cn1. The minimum atomic E-state index is -0.908. The molecule has 0 aliphatic rings. The number of aromatic nitrogens is 5. The summed E-state index contributed by atoms with van der Waals surface area (Å²) in [5.74, 6) is 0.340. The molecule has 0 unspecified atom stereocenters. The summed E-state index contributed by atoms with van der Waals surface area (Å²) in [6.45, 7) is 2.75. The predicted octanol–water partition coefficient (Wildman–Crippen LogP) is 2.34. The maximum Gasteiger partial charge on any atom is 0.313 e. The van der Waals surface area contributed by atoms with Gasteiger partial charge in [-0.25, -0.2) is 0 Å². The smallest absolute Gasteiger partial charge is 0.313 e. The second-order valence-corrected chi connectivity index (χ2v) is 6.05. The van der Waals surface area contributed by atoms with Gasteiger partial charge in [0.15, 0.2) is 11.0 Å². The van der Waals surface area contributed by atoms with Crippen LogP contribution in [0.3, 0.4) is 0 Å². The lowest BCUT2D eigenvalue weighted by atomic mass is 10.2. The Morgan fingerprint density at radius 1 is 1.28 bits per heavy atom. The number of hydrogen-bond acceptors (Lipinski definition) is 6. The number of benzene rings is 1. The fourth-order valence-electron chi connectivity index (χ4n) is 2.29. The van der Waals surface area contributed by atoms with Gasteiger partial charge in [-0.1, -0.05) is 11.8 Å². The van der Waals surface area contributed by atoms with Crippen molar-refractivity contribution >= 4 is 17.7 Å². The normalized spacial score (nSPS) is 10.8. The van der Waals surface area contributed by atoms with Crippen molar-refractivity contribution in [3.05, 3.63) is 36.7 Å². The molecule has 3 rings (SSSR count). The van der Waals surface area contributed by atoms with Crippen molar-refractivity contribution in [1.82, 2.24) is 24.5 Å². The maximum absolute atomic E-state index is 10.9. The molecule has 2 aromatic heterocycles. The van der Waals surface area contributed by atoms with Crippen molar-refractivity contribution in [2.24, 2.45) is 0 Å². The van der Waals surface area contributed by atoms with Crippen LogP contribution in [-0.4, -0.2) is 48.5 Å². The van der Waals surface area contributed by atoms with E-state index in [2.05, 4.69) is 15.3 Å². The monoisotopic (exact) mass is 359 g/mol. The average Bonchev–Trinajstić information content (AvgIpc) is 3.26. The Hall–Kier alpha value is -2.81. The molecule has 130 valence electrons. The number of nitrogens with zero attached hydrogens (tertiary/aromatic N) is 5. The predicted molar refractivity (Wildman–Crippen MR) is 93.2 cm³/mol. The lowest BCUT2D eigenvalue weighted by Crippen LogP contribution is -2.03. The molecule has 0 radical (unpaired) electrons. The lowest BCUT2D eigenvalue weighted by molar-refractivity contribution is -0.133. The van der Waals surface area contributed by atoms with Crippen LogP contribution in [-0.2, 0) is 11.3 Å². The van der Waals surface area contributed by atoms with Crippen LogP contribution >= 0.6 is 11.8 Å². The minimum absolute atomic E-state index is 0.0947. The molecule has 0 saturated heterocycles. The number of rotatable bonds is 7. The zero-order valence-electron chi connectivity index (χ0n) is 13.8. The van der Waals surface area contributed by atoms with Crippen LogP contribution in [0.15, 0.2) is 41.8 Å². The number of carboxylic acids is 1. The fourth-order valence-corrected chi connectivity index (χ4v) is 2.96. The van der Waals surface area contributed by atoms with Gasteiger partial charge in [0, 0.05) is 12.7 Å².